The van der Waals surface area contributed by atoms with E-state index in [2.05, 4.69) is 17.0 Å². The molecule has 0 atom stereocenters. The van der Waals surface area contributed by atoms with Gasteiger partial charge in [-0.1, -0.05) is 23.7 Å². The van der Waals surface area contributed by atoms with Crippen molar-refractivity contribution in [2.24, 2.45) is 0 Å². The van der Waals surface area contributed by atoms with Crippen molar-refractivity contribution < 1.29 is 14.3 Å². The molecule has 0 unspecified atom stereocenters. The number of anilines is 1. The molecule has 0 bridgehead atoms. The molecule has 1 saturated heterocycles. The highest BCUT2D eigenvalue weighted by atomic mass is 35.5. The van der Waals surface area contributed by atoms with Crippen LogP contribution in [0.4, 0.5) is 10.5 Å². The highest BCUT2D eigenvalue weighted by Gasteiger charge is 2.21. The fourth-order valence-electron chi connectivity index (χ4n) is 2.86. The van der Waals surface area contributed by atoms with Crippen LogP contribution >= 0.6 is 11.6 Å². The van der Waals surface area contributed by atoms with Gasteiger partial charge in [-0.25, -0.2) is 4.79 Å². The molecular weight excluding hydrogens is 352 g/mol. The van der Waals surface area contributed by atoms with E-state index >= 15 is 0 Å². The van der Waals surface area contributed by atoms with Crippen LogP contribution in [0.3, 0.4) is 0 Å². The molecule has 2 aromatic rings. The molecule has 0 N–H and O–H groups in total. The third kappa shape index (κ3) is 4.82. The number of carbonyl (C=O) groups excluding carboxylic acids is 1. The van der Waals surface area contributed by atoms with Crippen molar-refractivity contribution in [3.63, 3.8) is 0 Å². The van der Waals surface area contributed by atoms with Crippen molar-refractivity contribution >= 4 is 23.4 Å². The third-order valence-corrected chi connectivity index (χ3v) is 4.58. The fraction of sp³-hybridized carbons (Fsp3) is 0.350. The van der Waals surface area contributed by atoms with E-state index in [1.54, 1.807) is 4.90 Å². The fourth-order valence-corrected chi connectivity index (χ4v) is 2.99. The monoisotopic (exact) mass is 374 g/mol. The standard InChI is InChI=1S/C20H23ClN2O3/c1-2-25-20(24)23-13-11-22(12-14-23)18-7-9-19(10-8-18)26-15-16-3-5-17(21)6-4-16/h3-10H,2,11-15H2,1H3. The first kappa shape index (κ1) is 18.4. The molecule has 1 fully saturated rings. The van der Waals surface area contributed by atoms with Gasteiger partial charge in [-0.3, -0.25) is 0 Å². The first-order chi connectivity index (χ1) is 12.7. The molecule has 0 aromatic heterocycles. The smallest absolute Gasteiger partial charge is 0.409 e. The van der Waals surface area contributed by atoms with Crippen LogP contribution in [0, 0.1) is 0 Å². The van der Waals surface area contributed by atoms with Crippen molar-refractivity contribution in [2.45, 2.75) is 13.5 Å². The van der Waals surface area contributed by atoms with Crippen LogP contribution in [-0.2, 0) is 11.3 Å². The summed E-state index contributed by atoms with van der Waals surface area (Å²) in [7, 11) is 0. The van der Waals surface area contributed by atoms with E-state index in [9.17, 15) is 4.79 Å². The molecule has 5 nitrogen and oxygen atoms in total. The number of hydrogen-bond acceptors (Lipinski definition) is 4. The van der Waals surface area contributed by atoms with Gasteiger partial charge in [0.1, 0.15) is 12.4 Å². The zero-order valence-corrected chi connectivity index (χ0v) is 15.6. The Morgan fingerprint density at radius 1 is 1.00 bits per heavy atom. The molecule has 138 valence electrons. The number of nitrogens with zero attached hydrogens (tertiary/aromatic N) is 2. The molecule has 3 rings (SSSR count). The number of halogens is 1. The molecule has 2 aromatic carbocycles. The number of amides is 1. The van der Waals surface area contributed by atoms with Crippen LogP contribution < -0.4 is 9.64 Å². The Kier molecular flexibility index (Phi) is 6.23. The second-order valence-corrected chi connectivity index (χ2v) is 6.52. The highest BCUT2D eigenvalue weighted by Crippen LogP contribution is 2.22. The lowest BCUT2D eigenvalue weighted by Gasteiger charge is -2.35. The quantitative estimate of drug-likeness (QED) is 0.786. The summed E-state index contributed by atoms with van der Waals surface area (Å²) in [6, 6.07) is 15.7. The maximum Gasteiger partial charge on any atom is 0.409 e. The Morgan fingerprint density at radius 2 is 1.65 bits per heavy atom. The average Bonchev–Trinajstić information content (AvgIpc) is 2.68. The molecule has 1 heterocycles. The van der Waals surface area contributed by atoms with Gasteiger partial charge in [0, 0.05) is 36.9 Å². The number of benzene rings is 2. The second-order valence-electron chi connectivity index (χ2n) is 6.08. The van der Waals surface area contributed by atoms with Gasteiger partial charge >= 0.3 is 6.09 Å². The number of hydrogen-bond donors (Lipinski definition) is 0. The predicted molar refractivity (Wildman–Crippen MR) is 103 cm³/mol. The van der Waals surface area contributed by atoms with E-state index in [4.69, 9.17) is 21.1 Å². The average molecular weight is 375 g/mol. The van der Waals surface area contributed by atoms with Crippen LogP contribution in [-0.4, -0.2) is 43.8 Å². The lowest BCUT2D eigenvalue weighted by Crippen LogP contribution is -2.48. The van der Waals surface area contributed by atoms with E-state index < -0.39 is 0 Å². The number of piperazine rings is 1. The summed E-state index contributed by atoms with van der Waals surface area (Å²) in [5.74, 6) is 0.828. The molecule has 1 aliphatic heterocycles. The zero-order chi connectivity index (χ0) is 18.4. The summed E-state index contributed by atoms with van der Waals surface area (Å²) in [5.41, 5.74) is 2.21. The second kappa shape index (κ2) is 8.81. The molecule has 1 amide bonds. The maximum atomic E-state index is 11.8. The van der Waals surface area contributed by atoms with Crippen molar-refractivity contribution in [1.82, 2.24) is 4.90 Å². The van der Waals surface area contributed by atoms with E-state index in [0.29, 0.717) is 26.3 Å². The Bertz CT molecular complexity index is 711. The minimum atomic E-state index is -0.224. The minimum absolute atomic E-state index is 0.224. The first-order valence-electron chi connectivity index (χ1n) is 8.79. The Morgan fingerprint density at radius 3 is 2.27 bits per heavy atom. The lowest BCUT2D eigenvalue weighted by atomic mass is 10.2. The summed E-state index contributed by atoms with van der Waals surface area (Å²) in [5, 5.41) is 0.723. The van der Waals surface area contributed by atoms with E-state index in [1.165, 1.54) is 0 Å². The van der Waals surface area contributed by atoms with E-state index in [-0.39, 0.29) is 6.09 Å². The molecule has 1 aliphatic rings. The highest BCUT2D eigenvalue weighted by molar-refractivity contribution is 6.30. The van der Waals surface area contributed by atoms with Crippen molar-refractivity contribution in [3.05, 3.63) is 59.1 Å². The molecule has 6 heteroatoms. The van der Waals surface area contributed by atoms with Crippen LogP contribution in [0.25, 0.3) is 0 Å². The van der Waals surface area contributed by atoms with Crippen molar-refractivity contribution in [3.8, 4) is 5.75 Å². The van der Waals surface area contributed by atoms with E-state index in [1.807, 2.05) is 43.3 Å². The van der Waals surface area contributed by atoms with E-state index in [0.717, 1.165) is 35.1 Å². The van der Waals surface area contributed by atoms with Crippen LogP contribution in [0.15, 0.2) is 48.5 Å². The molecule has 0 saturated carbocycles. The Hall–Kier alpha value is -2.40. The SMILES string of the molecule is CCOC(=O)N1CCN(c2ccc(OCc3ccc(Cl)cc3)cc2)CC1. The predicted octanol–water partition coefficient (Wildman–Crippen LogP) is 4.20. The topological polar surface area (TPSA) is 42.0 Å². The van der Waals surface area contributed by atoms with Gasteiger partial charge in [0.15, 0.2) is 0 Å². The van der Waals surface area contributed by atoms with Crippen LogP contribution in [0.5, 0.6) is 5.75 Å². The summed E-state index contributed by atoms with van der Waals surface area (Å²) in [6.45, 7) is 5.69. The van der Waals surface area contributed by atoms with Gasteiger partial charge in [0.25, 0.3) is 0 Å². The summed E-state index contributed by atoms with van der Waals surface area (Å²) in [6.07, 6.45) is -0.224. The van der Waals surface area contributed by atoms with Gasteiger partial charge in [-0.2, -0.15) is 0 Å². The van der Waals surface area contributed by atoms with Gasteiger partial charge in [-0.15, -0.1) is 0 Å². The molecule has 0 spiro atoms. The number of carbonyl (C=O) groups is 1. The van der Waals surface area contributed by atoms with Gasteiger partial charge < -0.3 is 19.3 Å². The maximum absolute atomic E-state index is 11.8. The molecule has 0 radical (unpaired) electrons. The first-order valence-corrected chi connectivity index (χ1v) is 9.17. The van der Waals surface area contributed by atoms with Gasteiger partial charge in [0.2, 0.25) is 0 Å². The normalized spacial score (nSPS) is 14.2. The molecule has 0 aliphatic carbocycles. The Labute approximate surface area is 159 Å². The number of ether oxygens (including phenoxy) is 2. The van der Waals surface area contributed by atoms with Gasteiger partial charge in [0.05, 0.1) is 6.61 Å². The largest absolute Gasteiger partial charge is 0.489 e. The van der Waals surface area contributed by atoms with Crippen LogP contribution in [0.1, 0.15) is 12.5 Å². The summed E-state index contributed by atoms with van der Waals surface area (Å²) >= 11 is 5.89. The summed E-state index contributed by atoms with van der Waals surface area (Å²) in [4.78, 5) is 15.8. The zero-order valence-electron chi connectivity index (χ0n) is 14.9. The lowest BCUT2D eigenvalue weighted by molar-refractivity contribution is 0.105. The minimum Gasteiger partial charge on any atom is -0.489 e. The Balaban J connectivity index is 1.50. The van der Waals surface area contributed by atoms with Crippen molar-refractivity contribution in [1.29, 1.82) is 0 Å². The molecule has 26 heavy (non-hydrogen) atoms. The van der Waals surface area contributed by atoms with Crippen molar-refractivity contribution in [2.75, 3.05) is 37.7 Å². The molecular formula is C20H23ClN2O3. The number of rotatable bonds is 5. The van der Waals surface area contributed by atoms with Gasteiger partial charge in [-0.05, 0) is 48.9 Å². The summed E-state index contributed by atoms with van der Waals surface area (Å²) < 4.78 is 10.9. The third-order valence-electron chi connectivity index (χ3n) is 4.33. The van der Waals surface area contributed by atoms with Crippen LogP contribution in [0.2, 0.25) is 5.02 Å².